The number of ether oxygens (including phenoxy) is 2. The summed E-state index contributed by atoms with van der Waals surface area (Å²) in [6, 6.07) is 20.6. The summed E-state index contributed by atoms with van der Waals surface area (Å²) in [4.78, 5) is 12.9. The number of sulfonamides is 1. The van der Waals surface area contributed by atoms with Gasteiger partial charge in [0, 0.05) is 18.3 Å². The van der Waals surface area contributed by atoms with Gasteiger partial charge in [-0.3, -0.25) is 4.79 Å². The Hall–Kier alpha value is -3.36. The van der Waals surface area contributed by atoms with Crippen LogP contribution in [-0.2, 0) is 21.4 Å². The van der Waals surface area contributed by atoms with Crippen molar-refractivity contribution in [2.75, 3.05) is 26.1 Å². The highest BCUT2D eigenvalue weighted by atomic mass is 32.2. The van der Waals surface area contributed by atoms with Gasteiger partial charge < -0.3 is 14.8 Å². The number of methoxy groups -OCH3 is 2. The molecule has 0 fully saturated rings. The molecule has 0 aliphatic rings. The fourth-order valence-corrected chi connectivity index (χ4v) is 4.54. The van der Waals surface area contributed by atoms with Gasteiger partial charge in [0.2, 0.25) is 15.9 Å². The Kier molecular flexibility index (Phi) is 7.50. The molecule has 0 saturated heterocycles. The third-order valence-corrected chi connectivity index (χ3v) is 6.65. The van der Waals surface area contributed by atoms with E-state index in [1.807, 2.05) is 31.2 Å². The van der Waals surface area contributed by atoms with E-state index in [0.29, 0.717) is 17.2 Å². The maximum atomic E-state index is 13.3. The second-order valence-corrected chi connectivity index (χ2v) is 9.13. The molecule has 3 aromatic rings. The minimum atomic E-state index is -3.89. The first-order valence-electron chi connectivity index (χ1n) is 9.96. The standard InChI is InChI=1S/C24H26N2O5S/c1-18-9-11-19(12-10-18)16-26(32(28,29)21-7-5-4-6-8-21)17-24(27)25-20-13-14-22(30-2)23(15-20)31-3/h4-15H,16-17H2,1-3H3,(H,25,27). The van der Waals surface area contributed by atoms with Gasteiger partial charge >= 0.3 is 0 Å². The summed E-state index contributed by atoms with van der Waals surface area (Å²) in [5.74, 6) is 0.515. The number of nitrogens with zero attached hydrogens (tertiary/aromatic N) is 1. The van der Waals surface area contributed by atoms with Crippen LogP contribution in [-0.4, -0.2) is 39.4 Å². The van der Waals surface area contributed by atoms with Crippen LogP contribution in [0, 0.1) is 6.92 Å². The molecule has 0 aliphatic carbocycles. The molecule has 1 amide bonds. The Morgan fingerprint density at radius 1 is 0.906 bits per heavy atom. The van der Waals surface area contributed by atoms with Gasteiger partial charge in [0.15, 0.2) is 11.5 Å². The molecule has 0 radical (unpaired) electrons. The molecule has 0 aromatic heterocycles. The highest BCUT2D eigenvalue weighted by molar-refractivity contribution is 7.89. The maximum Gasteiger partial charge on any atom is 0.243 e. The Morgan fingerprint density at radius 2 is 1.56 bits per heavy atom. The quantitative estimate of drug-likeness (QED) is 0.531. The van der Waals surface area contributed by atoms with Gasteiger partial charge in [0.1, 0.15) is 0 Å². The molecule has 1 N–H and O–H groups in total. The molecule has 168 valence electrons. The number of carbonyl (C=O) groups excluding carboxylic acids is 1. The van der Waals surface area contributed by atoms with Gasteiger partial charge in [0.25, 0.3) is 0 Å². The lowest BCUT2D eigenvalue weighted by atomic mass is 10.1. The van der Waals surface area contributed by atoms with Gasteiger partial charge in [0.05, 0.1) is 25.7 Å². The minimum absolute atomic E-state index is 0.0663. The van der Waals surface area contributed by atoms with E-state index in [2.05, 4.69) is 5.32 Å². The number of nitrogens with one attached hydrogen (secondary N) is 1. The van der Waals surface area contributed by atoms with Crippen LogP contribution in [0.1, 0.15) is 11.1 Å². The summed E-state index contributed by atoms with van der Waals surface area (Å²) in [5.41, 5.74) is 2.33. The lowest BCUT2D eigenvalue weighted by Gasteiger charge is -2.22. The van der Waals surface area contributed by atoms with E-state index in [4.69, 9.17) is 9.47 Å². The van der Waals surface area contributed by atoms with E-state index >= 15 is 0 Å². The number of anilines is 1. The fourth-order valence-electron chi connectivity index (χ4n) is 3.14. The van der Waals surface area contributed by atoms with Crippen molar-refractivity contribution < 1.29 is 22.7 Å². The lowest BCUT2D eigenvalue weighted by molar-refractivity contribution is -0.116. The summed E-state index contributed by atoms with van der Waals surface area (Å²) < 4.78 is 38.2. The van der Waals surface area contributed by atoms with Gasteiger partial charge in [-0.05, 0) is 36.8 Å². The molecule has 3 rings (SSSR count). The molecule has 0 spiro atoms. The molecule has 0 bridgehead atoms. The van der Waals surface area contributed by atoms with E-state index in [1.165, 1.54) is 30.7 Å². The van der Waals surface area contributed by atoms with E-state index in [9.17, 15) is 13.2 Å². The Balaban J connectivity index is 1.84. The van der Waals surface area contributed by atoms with Gasteiger partial charge in [-0.1, -0.05) is 48.0 Å². The number of rotatable bonds is 9. The Morgan fingerprint density at radius 3 is 2.19 bits per heavy atom. The summed E-state index contributed by atoms with van der Waals surface area (Å²) >= 11 is 0. The second kappa shape index (κ2) is 10.3. The van der Waals surface area contributed by atoms with Crippen LogP contribution in [0.25, 0.3) is 0 Å². The molecule has 0 saturated carbocycles. The van der Waals surface area contributed by atoms with Crippen LogP contribution in [0.2, 0.25) is 0 Å². The van der Waals surface area contributed by atoms with Crippen LogP contribution >= 0.6 is 0 Å². The first kappa shape index (κ1) is 23.3. The SMILES string of the molecule is COc1ccc(NC(=O)CN(Cc2ccc(C)cc2)S(=O)(=O)c2ccccc2)cc1OC. The number of amides is 1. The molecule has 0 unspecified atom stereocenters. The lowest BCUT2D eigenvalue weighted by Crippen LogP contribution is -2.37. The van der Waals surface area contributed by atoms with Crippen molar-refractivity contribution >= 4 is 21.6 Å². The summed E-state index contributed by atoms with van der Waals surface area (Å²) in [6.07, 6.45) is 0. The normalized spacial score (nSPS) is 11.2. The summed E-state index contributed by atoms with van der Waals surface area (Å²) in [5, 5.41) is 2.74. The number of benzene rings is 3. The maximum absolute atomic E-state index is 13.3. The second-order valence-electron chi connectivity index (χ2n) is 7.19. The molecule has 8 heteroatoms. The van der Waals surface area contributed by atoms with Crippen LogP contribution in [0.15, 0.2) is 77.7 Å². The highest BCUT2D eigenvalue weighted by Crippen LogP contribution is 2.29. The molecular weight excluding hydrogens is 428 g/mol. The molecule has 0 atom stereocenters. The third kappa shape index (κ3) is 5.66. The average molecular weight is 455 g/mol. The highest BCUT2D eigenvalue weighted by Gasteiger charge is 2.27. The molecule has 0 aliphatic heterocycles. The van der Waals surface area contributed by atoms with E-state index in [1.54, 1.807) is 36.4 Å². The van der Waals surface area contributed by atoms with Crippen molar-refractivity contribution in [3.63, 3.8) is 0 Å². The Labute approximate surface area is 188 Å². The van der Waals surface area contributed by atoms with Gasteiger partial charge in [-0.2, -0.15) is 4.31 Å². The van der Waals surface area contributed by atoms with Crippen LogP contribution in [0.4, 0.5) is 5.69 Å². The Bertz CT molecular complexity index is 1160. The first-order chi connectivity index (χ1) is 15.3. The predicted molar refractivity (Wildman–Crippen MR) is 123 cm³/mol. The van der Waals surface area contributed by atoms with Crippen molar-refractivity contribution in [1.82, 2.24) is 4.31 Å². The van der Waals surface area contributed by atoms with Gasteiger partial charge in [-0.25, -0.2) is 8.42 Å². The van der Waals surface area contributed by atoms with Crippen LogP contribution < -0.4 is 14.8 Å². The average Bonchev–Trinajstić information content (AvgIpc) is 2.80. The van der Waals surface area contributed by atoms with Crippen LogP contribution in [0.3, 0.4) is 0 Å². The molecular formula is C24H26N2O5S. The van der Waals surface area contributed by atoms with Crippen molar-refractivity contribution in [3.8, 4) is 11.5 Å². The van der Waals surface area contributed by atoms with E-state index in [-0.39, 0.29) is 18.0 Å². The first-order valence-corrected chi connectivity index (χ1v) is 11.4. The van der Waals surface area contributed by atoms with E-state index in [0.717, 1.165) is 11.1 Å². The number of aryl methyl sites for hydroxylation is 1. The summed E-state index contributed by atoms with van der Waals surface area (Å²) in [7, 11) is -0.872. The minimum Gasteiger partial charge on any atom is -0.493 e. The monoisotopic (exact) mass is 454 g/mol. The van der Waals surface area contributed by atoms with Gasteiger partial charge in [-0.15, -0.1) is 0 Å². The molecule has 7 nitrogen and oxygen atoms in total. The van der Waals surface area contributed by atoms with Crippen molar-refractivity contribution in [2.45, 2.75) is 18.4 Å². The third-order valence-electron chi connectivity index (χ3n) is 4.85. The van der Waals surface area contributed by atoms with Crippen molar-refractivity contribution in [3.05, 3.63) is 83.9 Å². The van der Waals surface area contributed by atoms with E-state index < -0.39 is 15.9 Å². The fraction of sp³-hybridized carbons (Fsp3) is 0.208. The van der Waals surface area contributed by atoms with Crippen molar-refractivity contribution in [2.24, 2.45) is 0 Å². The molecule has 0 heterocycles. The predicted octanol–water partition coefficient (Wildman–Crippen LogP) is 3.84. The van der Waals surface area contributed by atoms with Crippen LogP contribution in [0.5, 0.6) is 11.5 Å². The smallest absolute Gasteiger partial charge is 0.243 e. The molecule has 32 heavy (non-hydrogen) atoms. The number of carbonyl (C=O) groups is 1. The zero-order chi connectivity index (χ0) is 23.1. The largest absolute Gasteiger partial charge is 0.493 e. The summed E-state index contributed by atoms with van der Waals surface area (Å²) in [6.45, 7) is 1.68. The zero-order valence-electron chi connectivity index (χ0n) is 18.2. The number of hydrogen-bond donors (Lipinski definition) is 1. The number of hydrogen-bond acceptors (Lipinski definition) is 5. The van der Waals surface area contributed by atoms with Crippen molar-refractivity contribution in [1.29, 1.82) is 0 Å². The topological polar surface area (TPSA) is 84.9 Å². The molecule has 3 aromatic carbocycles. The zero-order valence-corrected chi connectivity index (χ0v) is 19.1.